The summed E-state index contributed by atoms with van der Waals surface area (Å²) in [5.41, 5.74) is -1.65. The largest absolute Gasteiger partial charge is 0.462 e. The number of fused-ring (bicyclic) bond motifs is 1. The molecule has 4 rings (SSSR count). The van der Waals surface area contributed by atoms with Gasteiger partial charge in [0.1, 0.15) is 15.6 Å². The molecule has 0 fully saturated rings. The Hall–Kier alpha value is -4.25. The molecule has 17 heteroatoms. The standard InChI is InChI=1S/C26H24F3N3O9S2/c1-4-38-23(34)20-13(3)21(24(35)39-5-2)42-22(20)32-19(33)8-9-43(36,37)25-30-15(11-18(31-25)26(27,28)29)14-6-7-16-17(10-14)41-12-40-16/h6-7,10-11H,4-5,8-9,12H2,1-3H3,(H,32,33). The van der Waals surface area contributed by atoms with Crippen LogP contribution >= 0.6 is 11.3 Å². The van der Waals surface area contributed by atoms with Crippen LogP contribution in [0.2, 0.25) is 0 Å². The number of nitrogens with zero attached hydrogens (tertiary/aromatic N) is 2. The van der Waals surface area contributed by atoms with Gasteiger partial charge in [-0.3, -0.25) is 4.79 Å². The average Bonchev–Trinajstić information content (AvgIpc) is 3.55. The predicted molar refractivity (Wildman–Crippen MR) is 145 cm³/mol. The van der Waals surface area contributed by atoms with Crippen LogP contribution in [0, 0.1) is 6.92 Å². The van der Waals surface area contributed by atoms with Crippen LogP contribution in [-0.2, 0) is 30.3 Å². The lowest BCUT2D eigenvalue weighted by Gasteiger charge is -2.12. The fraction of sp³-hybridized carbons (Fsp3) is 0.346. The van der Waals surface area contributed by atoms with E-state index >= 15 is 0 Å². The normalized spacial score (nSPS) is 12.6. The van der Waals surface area contributed by atoms with Gasteiger partial charge in [-0.05, 0) is 50.6 Å². The van der Waals surface area contributed by atoms with E-state index < -0.39 is 56.9 Å². The van der Waals surface area contributed by atoms with Crippen molar-refractivity contribution in [2.24, 2.45) is 0 Å². The van der Waals surface area contributed by atoms with Gasteiger partial charge in [0.05, 0.1) is 30.2 Å². The first kappa shape index (κ1) is 31.7. The molecule has 0 unspecified atom stereocenters. The third-order valence-electron chi connectivity index (χ3n) is 5.88. The number of hydrogen-bond donors (Lipinski definition) is 1. The molecule has 0 bridgehead atoms. The maximum Gasteiger partial charge on any atom is 0.433 e. The van der Waals surface area contributed by atoms with E-state index in [2.05, 4.69) is 15.3 Å². The van der Waals surface area contributed by atoms with Crippen molar-refractivity contribution in [3.8, 4) is 22.8 Å². The molecule has 0 atom stereocenters. The number of carbonyl (C=O) groups excluding carboxylic acids is 3. The zero-order valence-corrected chi connectivity index (χ0v) is 24.5. The molecule has 0 radical (unpaired) electrons. The minimum absolute atomic E-state index is 0.000272. The first-order chi connectivity index (χ1) is 20.2. The molecule has 3 aromatic rings. The summed E-state index contributed by atoms with van der Waals surface area (Å²) in [6.45, 7) is 4.57. The first-order valence-corrected chi connectivity index (χ1v) is 15.1. The molecule has 1 aliphatic heterocycles. The molecule has 2 aromatic heterocycles. The molecular weight excluding hydrogens is 619 g/mol. The Balaban J connectivity index is 1.59. The Kier molecular flexibility index (Phi) is 9.24. The minimum atomic E-state index is -5.01. The number of halogens is 3. The van der Waals surface area contributed by atoms with Crippen molar-refractivity contribution in [2.75, 3.05) is 31.1 Å². The van der Waals surface area contributed by atoms with Gasteiger partial charge in [-0.15, -0.1) is 11.3 Å². The molecule has 43 heavy (non-hydrogen) atoms. The number of aromatic nitrogens is 2. The van der Waals surface area contributed by atoms with E-state index in [0.29, 0.717) is 11.8 Å². The van der Waals surface area contributed by atoms with Gasteiger partial charge >= 0.3 is 18.1 Å². The van der Waals surface area contributed by atoms with E-state index in [-0.39, 0.29) is 58.0 Å². The number of rotatable bonds is 10. The monoisotopic (exact) mass is 643 g/mol. The predicted octanol–water partition coefficient (Wildman–Crippen LogP) is 4.42. The van der Waals surface area contributed by atoms with Crippen LogP contribution < -0.4 is 14.8 Å². The highest BCUT2D eigenvalue weighted by Gasteiger charge is 2.36. The van der Waals surface area contributed by atoms with Crippen LogP contribution in [0.4, 0.5) is 18.2 Å². The highest BCUT2D eigenvalue weighted by atomic mass is 32.2. The molecule has 12 nitrogen and oxygen atoms in total. The molecule has 1 amide bonds. The van der Waals surface area contributed by atoms with Gasteiger partial charge in [-0.25, -0.2) is 28.0 Å². The number of benzene rings is 1. The van der Waals surface area contributed by atoms with Gasteiger partial charge in [0.25, 0.3) is 0 Å². The molecule has 3 heterocycles. The van der Waals surface area contributed by atoms with E-state index in [4.69, 9.17) is 18.9 Å². The number of esters is 2. The van der Waals surface area contributed by atoms with Gasteiger partial charge < -0.3 is 24.3 Å². The van der Waals surface area contributed by atoms with E-state index in [0.717, 1.165) is 11.3 Å². The van der Waals surface area contributed by atoms with Crippen LogP contribution in [0.15, 0.2) is 29.4 Å². The van der Waals surface area contributed by atoms with Crippen LogP contribution in [0.5, 0.6) is 11.5 Å². The second-order valence-electron chi connectivity index (χ2n) is 8.81. The summed E-state index contributed by atoms with van der Waals surface area (Å²) in [5, 5.41) is 1.17. The van der Waals surface area contributed by atoms with Crippen molar-refractivity contribution in [2.45, 2.75) is 38.5 Å². The molecular formula is C26H24F3N3O9S2. The molecule has 0 aliphatic carbocycles. The van der Waals surface area contributed by atoms with Crippen molar-refractivity contribution < 1.29 is 54.9 Å². The van der Waals surface area contributed by atoms with E-state index in [1.165, 1.54) is 25.1 Å². The van der Waals surface area contributed by atoms with E-state index in [1.807, 2.05) is 0 Å². The number of amides is 1. The highest BCUT2D eigenvalue weighted by Crippen LogP contribution is 2.38. The van der Waals surface area contributed by atoms with Gasteiger partial charge in [-0.1, -0.05) is 0 Å². The van der Waals surface area contributed by atoms with Crippen molar-refractivity contribution in [3.05, 3.63) is 46.0 Å². The molecule has 1 aromatic carbocycles. The number of carbonyl (C=O) groups is 3. The Morgan fingerprint density at radius 2 is 1.70 bits per heavy atom. The Labute approximate surface area is 247 Å². The number of ether oxygens (including phenoxy) is 4. The summed E-state index contributed by atoms with van der Waals surface area (Å²) in [4.78, 5) is 44.8. The van der Waals surface area contributed by atoms with Crippen molar-refractivity contribution >= 4 is 44.0 Å². The maximum atomic E-state index is 13.7. The molecule has 0 saturated heterocycles. The number of sulfone groups is 1. The number of thiophene rings is 1. The third kappa shape index (κ3) is 7.05. The lowest BCUT2D eigenvalue weighted by molar-refractivity contribution is -0.141. The second-order valence-corrected chi connectivity index (χ2v) is 11.8. The first-order valence-electron chi connectivity index (χ1n) is 12.6. The van der Waals surface area contributed by atoms with Crippen molar-refractivity contribution in [1.29, 1.82) is 0 Å². The Morgan fingerprint density at radius 3 is 2.37 bits per heavy atom. The van der Waals surface area contributed by atoms with Gasteiger partial charge in [-0.2, -0.15) is 13.2 Å². The number of anilines is 1. The van der Waals surface area contributed by atoms with Crippen LogP contribution in [0.25, 0.3) is 11.3 Å². The van der Waals surface area contributed by atoms with Gasteiger partial charge in [0.15, 0.2) is 11.5 Å². The summed E-state index contributed by atoms with van der Waals surface area (Å²) in [6, 6.07) is 4.77. The summed E-state index contributed by atoms with van der Waals surface area (Å²) in [7, 11) is -4.63. The zero-order chi connectivity index (χ0) is 31.5. The summed E-state index contributed by atoms with van der Waals surface area (Å²) >= 11 is 0.733. The van der Waals surface area contributed by atoms with Crippen molar-refractivity contribution in [3.63, 3.8) is 0 Å². The number of alkyl halides is 3. The van der Waals surface area contributed by atoms with Crippen molar-refractivity contribution in [1.82, 2.24) is 9.97 Å². The second kappa shape index (κ2) is 12.5. The molecule has 1 N–H and O–H groups in total. The van der Waals surface area contributed by atoms with Gasteiger partial charge in [0, 0.05) is 12.0 Å². The van der Waals surface area contributed by atoms with Gasteiger partial charge in [0.2, 0.25) is 27.7 Å². The van der Waals surface area contributed by atoms with Crippen LogP contribution in [0.3, 0.4) is 0 Å². The summed E-state index contributed by atoms with van der Waals surface area (Å²) < 4.78 is 87.5. The quantitative estimate of drug-likeness (QED) is 0.246. The molecule has 230 valence electrons. The van der Waals surface area contributed by atoms with E-state index in [9.17, 15) is 36.0 Å². The zero-order valence-electron chi connectivity index (χ0n) is 22.9. The fourth-order valence-electron chi connectivity index (χ4n) is 3.86. The Morgan fingerprint density at radius 1 is 1.02 bits per heavy atom. The highest BCUT2D eigenvalue weighted by molar-refractivity contribution is 7.91. The topological polar surface area (TPSA) is 160 Å². The number of hydrogen-bond acceptors (Lipinski definition) is 12. The SMILES string of the molecule is CCOC(=O)c1sc(NC(=O)CCS(=O)(=O)c2nc(-c3ccc4c(c3)OCO4)cc(C(F)(F)F)n2)c(C(=O)OCC)c1C. The van der Waals surface area contributed by atoms with Crippen LogP contribution in [0.1, 0.15) is 51.6 Å². The summed E-state index contributed by atoms with van der Waals surface area (Å²) in [6.07, 6.45) is -5.75. The molecule has 0 saturated carbocycles. The minimum Gasteiger partial charge on any atom is -0.462 e. The lowest BCUT2D eigenvalue weighted by Crippen LogP contribution is -2.21. The molecule has 0 spiro atoms. The lowest BCUT2D eigenvalue weighted by atomic mass is 10.1. The smallest absolute Gasteiger partial charge is 0.433 e. The van der Waals surface area contributed by atoms with Crippen LogP contribution in [-0.4, -0.2) is 62.0 Å². The fourth-order valence-corrected chi connectivity index (χ4v) is 6.08. The molecule has 1 aliphatic rings. The average molecular weight is 644 g/mol. The van der Waals surface area contributed by atoms with E-state index in [1.54, 1.807) is 13.8 Å². The number of nitrogens with one attached hydrogen (secondary N) is 1. The maximum absolute atomic E-state index is 13.7. The summed E-state index contributed by atoms with van der Waals surface area (Å²) in [5.74, 6) is -2.85. The third-order valence-corrected chi connectivity index (χ3v) is 8.55. The Bertz CT molecular complexity index is 1690.